The summed E-state index contributed by atoms with van der Waals surface area (Å²) in [7, 11) is 0. The van der Waals surface area contributed by atoms with Crippen LogP contribution in [0.5, 0.6) is 11.6 Å². The number of nitrogens with zero attached hydrogens (tertiary/aromatic N) is 4. The lowest BCUT2D eigenvalue weighted by atomic mass is 10.2. The van der Waals surface area contributed by atoms with Crippen LogP contribution in [0.4, 0.5) is 5.82 Å². The van der Waals surface area contributed by atoms with E-state index in [1.54, 1.807) is 30.5 Å². The van der Waals surface area contributed by atoms with E-state index in [9.17, 15) is 4.79 Å². The van der Waals surface area contributed by atoms with Crippen LogP contribution in [0.2, 0.25) is 0 Å². The Kier molecular flexibility index (Phi) is 4.75. The molecule has 0 amide bonds. The molecule has 138 valence electrons. The second kappa shape index (κ2) is 7.67. The standard InChI is InChI=1S/C20H15N5O3/c21-18-14-6-1-2-8-16(14)24-17(25-18)12-27-20(26)15-7-4-10-23-19(15)28-13-5-3-9-22-11-13/h1-11H,12H2,(H2,21,24,25). The Labute approximate surface area is 160 Å². The summed E-state index contributed by atoms with van der Waals surface area (Å²) in [5.74, 6) is 0.615. The number of fused-ring (bicyclic) bond motifs is 1. The maximum absolute atomic E-state index is 12.5. The van der Waals surface area contributed by atoms with E-state index < -0.39 is 5.97 Å². The third kappa shape index (κ3) is 3.70. The zero-order chi connectivity index (χ0) is 19.3. The molecule has 4 rings (SSSR count). The quantitative estimate of drug-likeness (QED) is 0.531. The van der Waals surface area contributed by atoms with Gasteiger partial charge in [-0.3, -0.25) is 4.98 Å². The molecule has 3 aromatic heterocycles. The fraction of sp³-hybridized carbons (Fsp3) is 0.0500. The maximum Gasteiger partial charge on any atom is 0.344 e. The van der Waals surface area contributed by atoms with Crippen molar-refractivity contribution in [2.75, 3.05) is 5.73 Å². The maximum atomic E-state index is 12.5. The van der Waals surface area contributed by atoms with Gasteiger partial charge in [-0.2, -0.15) is 0 Å². The Hall–Kier alpha value is -4.07. The monoisotopic (exact) mass is 373 g/mol. The second-order valence-corrected chi connectivity index (χ2v) is 5.77. The average Bonchev–Trinajstić information content (AvgIpc) is 2.73. The van der Waals surface area contributed by atoms with Crippen LogP contribution in [0.1, 0.15) is 16.2 Å². The molecule has 28 heavy (non-hydrogen) atoms. The molecule has 0 unspecified atom stereocenters. The van der Waals surface area contributed by atoms with Crippen LogP contribution in [-0.4, -0.2) is 25.9 Å². The van der Waals surface area contributed by atoms with Crippen LogP contribution in [0.15, 0.2) is 67.1 Å². The fourth-order valence-corrected chi connectivity index (χ4v) is 2.57. The van der Waals surface area contributed by atoms with Crippen LogP contribution < -0.4 is 10.5 Å². The molecule has 0 saturated carbocycles. The van der Waals surface area contributed by atoms with Gasteiger partial charge in [-0.15, -0.1) is 0 Å². The van der Waals surface area contributed by atoms with Crippen LogP contribution in [0, 0.1) is 0 Å². The second-order valence-electron chi connectivity index (χ2n) is 5.77. The molecule has 0 bridgehead atoms. The number of anilines is 1. The van der Waals surface area contributed by atoms with Gasteiger partial charge in [-0.05, 0) is 36.4 Å². The molecule has 1 aromatic carbocycles. The summed E-state index contributed by atoms with van der Waals surface area (Å²) in [6.07, 6.45) is 4.67. The van der Waals surface area contributed by atoms with E-state index in [-0.39, 0.29) is 18.1 Å². The van der Waals surface area contributed by atoms with Crippen molar-refractivity contribution in [3.63, 3.8) is 0 Å². The molecule has 8 nitrogen and oxygen atoms in total. The zero-order valence-corrected chi connectivity index (χ0v) is 14.6. The summed E-state index contributed by atoms with van der Waals surface area (Å²) in [5.41, 5.74) is 6.82. The lowest BCUT2D eigenvalue weighted by Gasteiger charge is -2.10. The van der Waals surface area contributed by atoms with Crippen molar-refractivity contribution in [2.45, 2.75) is 6.61 Å². The van der Waals surface area contributed by atoms with Gasteiger partial charge in [-0.25, -0.2) is 19.7 Å². The van der Waals surface area contributed by atoms with Gasteiger partial charge in [0, 0.05) is 17.8 Å². The summed E-state index contributed by atoms with van der Waals surface area (Å²) in [6, 6.07) is 14.0. The van der Waals surface area contributed by atoms with Crippen molar-refractivity contribution in [3.8, 4) is 11.6 Å². The Morgan fingerprint density at radius 2 is 1.86 bits per heavy atom. The van der Waals surface area contributed by atoms with Gasteiger partial charge < -0.3 is 15.2 Å². The van der Waals surface area contributed by atoms with E-state index in [1.165, 1.54) is 12.4 Å². The number of carbonyl (C=O) groups excluding carboxylic acids is 1. The topological polar surface area (TPSA) is 113 Å². The van der Waals surface area contributed by atoms with E-state index in [0.29, 0.717) is 22.9 Å². The molecule has 0 aliphatic heterocycles. The summed E-state index contributed by atoms with van der Waals surface area (Å²) in [4.78, 5) is 29.2. The number of esters is 1. The highest BCUT2D eigenvalue weighted by atomic mass is 16.5. The molecule has 0 fully saturated rings. The molecule has 4 aromatic rings. The van der Waals surface area contributed by atoms with Crippen molar-refractivity contribution in [3.05, 3.63) is 78.5 Å². The predicted molar refractivity (Wildman–Crippen MR) is 102 cm³/mol. The number of para-hydroxylation sites is 1. The largest absolute Gasteiger partial charge is 0.454 e. The molecule has 0 atom stereocenters. The summed E-state index contributed by atoms with van der Waals surface area (Å²) >= 11 is 0. The van der Waals surface area contributed by atoms with Crippen molar-refractivity contribution >= 4 is 22.7 Å². The molecular weight excluding hydrogens is 358 g/mol. The average molecular weight is 373 g/mol. The minimum atomic E-state index is -0.609. The number of rotatable bonds is 5. The number of hydrogen-bond acceptors (Lipinski definition) is 8. The fourth-order valence-electron chi connectivity index (χ4n) is 2.57. The SMILES string of the molecule is Nc1nc(COC(=O)c2cccnc2Oc2cccnc2)nc2ccccc12. The molecule has 0 aliphatic rings. The van der Waals surface area contributed by atoms with Gasteiger partial charge in [-0.1, -0.05) is 12.1 Å². The highest BCUT2D eigenvalue weighted by molar-refractivity contribution is 5.92. The molecule has 0 saturated heterocycles. The number of pyridine rings is 2. The molecule has 0 radical (unpaired) electrons. The van der Waals surface area contributed by atoms with Gasteiger partial charge in [0.25, 0.3) is 0 Å². The van der Waals surface area contributed by atoms with Crippen molar-refractivity contribution in [1.29, 1.82) is 0 Å². The van der Waals surface area contributed by atoms with E-state index in [4.69, 9.17) is 15.2 Å². The van der Waals surface area contributed by atoms with Gasteiger partial charge in [0.2, 0.25) is 5.88 Å². The van der Waals surface area contributed by atoms with Gasteiger partial charge in [0.05, 0.1) is 11.7 Å². The van der Waals surface area contributed by atoms with E-state index in [1.807, 2.05) is 24.3 Å². The molecule has 0 aliphatic carbocycles. The van der Waals surface area contributed by atoms with Crippen molar-refractivity contribution in [1.82, 2.24) is 19.9 Å². The molecule has 8 heteroatoms. The highest BCUT2D eigenvalue weighted by Gasteiger charge is 2.17. The third-order valence-electron chi connectivity index (χ3n) is 3.85. The molecule has 2 N–H and O–H groups in total. The van der Waals surface area contributed by atoms with Gasteiger partial charge >= 0.3 is 5.97 Å². The zero-order valence-electron chi connectivity index (χ0n) is 14.6. The Balaban J connectivity index is 1.52. The number of aromatic nitrogens is 4. The highest BCUT2D eigenvalue weighted by Crippen LogP contribution is 2.23. The first kappa shape index (κ1) is 17.3. The smallest absolute Gasteiger partial charge is 0.344 e. The van der Waals surface area contributed by atoms with E-state index in [2.05, 4.69) is 19.9 Å². The Morgan fingerprint density at radius 3 is 2.71 bits per heavy atom. The van der Waals surface area contributed by atoms with Crippen LogP contribution in [0.3, 0.4) is 0 Å². The van der Waals surface area contributed by atoms with Gasteiger partial charge in [0.15, 0.2) is 12.4 Å². The van der Waals surface area contributed by atoms with Crippen molar-refractivity contribution in [2.24, 2.45) is 0 Å². The van der Waals surface area contributed by atoms with Crippen molar-refractivity contribution < 1.29 is 14.3 Å². The summed E-state index contributed by atoms with van der Waals surface area (Å²) < 4.78 is 11.0. The molecule has 3 heterocycles. The number of nitrogen functional groups attached to an aromatic ring is 1. The minimum Gasteiger partial charge on any atom is -0.454 e. The normalized spacial score (nSPS) is 10.6. The predicted octanol–water partition coefficient (Wildman–Crippen LogP) is 3.15. The van der Waals surface area contributed by atoms with Crippen LogP contribution >= 0.6 is 0 Å². The summed E-state index contributed by atoms with van der Waals surface area (Å²) in [6.45, 7) is -0.130. The van der Waals surface area contributed by atoms with Gasteiger partial charge in [0.1, 0.15) is 17.1 Å². The van der Waals surface area contributed by atoms with Crippen LogP contribution in [-0.2, 0) is 11.3 Å². The lowest BCUT2D eigenvalue weighted by molar-refractivity contribution is 0.0459. The number of hydrogen-bond donors (Lipinski definition) is 1. The van der Waals surface area contributed by atoms with E-state index >= 15 is 0 Å². The number of benzene rings is 1. The number of nitrogens with two attached hydrogens (primary N) is 1. The summed E-state index contributed by atoms with van der Waals surface area (Å²) in [5, 5.41) is 0.747. The Morgan fingerprint density at radius 1 is 1.00 bits per heavy atom. The first-order chi connectivity index (χ1) is 13.7. The van der Waals surface area contributed by atoms with E-state index in [0.717, 1.165) is 5.39 Å². The minimum absolute atomic E-state index is 0.124. The van der Waals surface area contributed by atoms with Crippen LogP contribution in [0.25, 0.3) is 10.9 Å². The lowest BCUT2D eigenvalue weighted by Crippen LogP contribution is -2.10. The first-order valence-electron chi connectivity index (χ1n) is 8.42. The molecular formula is C20H15N5O3. The molecule has 0 spiro atoms. The number of carbonyl (C=O) groups is 1. The number of ether oxygens (including phenoxy) is 2. The third-order valence-corrected chi connectivity index (χ3v) is 3.85. The Bertz CT molecular complexity index is 1130. The first-order valence-corrected chi connectivity index (χ1v) is 8.42.